The molecule has 0 saturated heterocycles. The number of hydrogen-bond donors (Lipinski definition) is 0. The zero-order valence-electron chi connectivity index (χ0n) is 6.61. The van der Waals surface area contributed by atoms with Crippen LogP contribution in [0.5, 0.6) is 0 Å². The lowest BCUT2D eigenvalue weighted by molar-refractivity contribution is 0.424. The van der Waals surface area contributed by atoms with Crippen LogP contribution in [-0.4, -0.2) is 0 Å². The lowest BCUT2D eigenvalue weighted by Crippen LogP contribution is -2.05. The van der Waals surface area contributed by atoms with Crippen LogP contribution in [0, 0.1) is 12.3 Å². The summed E-state index contributed by atoms with van der Waals surface area (Å²) in [5.74, 6) is 0. The van der Waals surface area contributed by atoms with Crippen molar-refractivity contribution in [2.24, 2.45) is 5.41 Å². The van der Waals surface area contributed by atoms with E-state index >= 15 is 0 Å². The summed E-state index contributed by atoms with van der Waals surface area (Å²) in [7, 11) is 0. The Labute approximate surface area is 59.0 Å². The molecule has 0 heteroatoms. The zero-order chi connectivity index (χ0) is 7.33. The summed E-state index contributed by atoms with van der Waals surface area (Å²) in [5.41, 5.74) is 0.317. The first kappa shape index (κ1) is 8.74. The first-order chi connectivity index (χ1) is 4.12. The summed E-state index contributed by atoms with van der Waals surface area (Å²) in [6.07, 6.45) is 5.47. The molecule has 0 fully saturated rings. The molecule has 9 heavy (non-hydrogen) atoms. The van der Waals surface area contributed by atoms with Gasteiger partial charge in [0.1, 0.15) is 0 Å². The summed E-state index contributed by atoms with van der Waals surface area (Å²) in [6.45, 7) is 12.0. The van der Waals surface area contributed by atoms with Crippen molar-refractivity contribution in [3.05, 3.63) is 19.6 Å². The van der Waals surface area contributed by atoms with Gasteiger partial charge in [0.25, 0.3) is 0 Å². The first-order valence-corrected chi connectivity index (χ1v) is 3.55. The second-order valence-corrected chi connectivity index (χ2v) is 3.15. The highest BCUT2D eigenvalue weighted by molar-refractivity contribution is 4.86. The van der Waals surface area contributed by atoms with Gasteiger partial charge in [0, 0.05) is 0 Å². The zero-order valence-corrected chi connectivity index (χ0v) is 6.61. The molecule has 0 aliphatic rings. The minimum Gasteiger partial charge on any atom is -0.103 e. The summed E-state index contributed by atoms with van der Waals surface area (Å²) < 4.78 is 0. The molecule has 0 heterocycles. The molecule has 0 amide bonds. The lowest BCUT2D eigenvalue weighted by Gasteiger charge is -2.18. The van der Waals surface area contributed by atoms with Crippen molar-refractivity contribution in [1.82, 2.24) is 0 Å². The number of unbranched alkanes of at least 4 members (excludes halogenated alkanes) is 1. The fraction of sp³-hybridized carbons (Fsp3) is 0.667. The third-order valence-corrected chi connectivity index (χ3v) is 1.62. The Bertz CT molecular complexity index is 80.0. The topological polar surface area (TPSA) is 0 Å². The molecule has 1 radical (unpaired) electrons. The molecule has 0 spiro atoms. The Balaban J connectivity index is 3.45. The fourth-order valence-corrected chi connectivity index (χ4v) is 0.683. The highest BCUT2D eigenvalue weighted by Crippen LogP contribution is 2.23. The smallest absolute Gasteiger partial charge is 0.0178 e. The van der Waals surface area contributed by atoms with Crippen molar-refractivity contribution in [3.8, 4) is 0 Å². The highest BCUT2D eigenvalue weighted by atomic mass is 14.2. The summed E-state index contributed by atoms with van der Waals surface area (Å²) in [4.78, 5) is 0. The predicted molar refractivity (Wildman–Crippen MR) is 43.2 cm³/mol. The van der Waals surface area contributed by atoms with Crippen LogP contribution in [-0.2, 0) is 0 Å². The van der Waals surface area contributed by atoms with Crippen molar-refractivity contribution < 1.29 is 0 Å². The highest BCUT2D eigenvalue weighted by Gasteiger charge is 2.10. The second-order valence-electron chi connectivity index (χ2n) is 3.15. The predicted octanol–water partition coefficient (Wildman–Crippen LogP) is 3.20. The fourth-order valence-electron chi connectivity index (χ4n) is 0.683. The standard InChI is InChI=1S/C9H17/c1-5-7-8-9(3,4)6-2/h6H,1-2,5,7-8H2,3-4H3. The molecule has 0 aliphatic heterocycles. The molecular formula is C9H17. The van der Waals surface area contributed by atoms with Crippen molar-refractivity contribution in [1.29, 1.82) is 0 Å². The van der Waals surface area contributed by atoms with Crippen LogP contribution in [0.4, 0.5) is 0 Å². The van der Waals surface area contributed by atoms with Gasteiger partial charge in [-0.25, -0.2) is 0 Å². The van der Waals surface area contributed by atoms with Crippen LogP contribution >= 0.6 is 0 Å². The summed E-state index contributed by atoms with van der Waals surface area (Å²) in [5, 5.41) is 0. The van der Waals surface area contributed by atoms with E-state index in [-0.39, 0.29) is 0 Å². The molecule has 0 aromatic heterocycles. The number of rotatable bonds is 4. The Morgan fingerprint density at radius 1 is 1.44 bits per heavy atom. The third-order valence-electron chi connectivity index (χ3n) is 1.62. The van der Waals surface area contributed by atoms with E-state index in [1.54, 1.807) is 0 Å². The van der Waals surface area contributed by atoms with Crippen molar-refractivity contribution in [2.45, 2.75) is 33.1 Å². The maximum Gasteiger partial charge on any atom is -0.0178 e. The van der Waals surface area contributed by atoms with Crippen LogP contribution < -0.4 is 0 Å². The molecule has 53 valence electrons. The number of hydrogen-bond acceptors (Lipinski definition) is 0. The molecule has 0 bridgehead atoms. The Kier molecular flexibility index (Phi) is 3.60. The Hall–Kier alpha value is -0.260. The average molecular weight is 125 g/mol. The van der Waals surface area contributed by atoms with Gasteiger partial charge in [-0.15, -0.1) is 6.58 Å². The second kappa shape index (κ2) is 3.71. The van der Waals surface area contributed by atoms with Crippen molar-refractivity contribution in [2.75, 3.05) is 0 Å². The largest absolute Gasteiger partial charge is 0.103 e. The van der Waals surface area contributed by atoms with Gasteiger partial charge in [-0.3, -0.25) is 0 Å². The van der Waals surface area contributed by atoms with E-state index in [0.29, 0.717) is 5.41 Å². The SMILES string of the molecule is [CH2]CCCC(C)(C)C=C. The lowest BCUT2D eigenvalue weighted by atomic mass is 9.88. The first-order valence-electron chi connectivity index (χ1n) is 3.55. The van der Waals surface area contributed by atoms with E-state index in [9.17, 15) is 0 Å². The monoisotopic (exact) mass is 125 g/mol. The van der Waals surface area contributed by atoms with Crippen LogP contribution in [0.1, 0.15) is 33.1 Å². The molecule has 0 N–H and O–H groups in total. The van der Waals surface area contributed by atoms with Gasteiger partial charge in [-0.05, 0) is 11.8 Å². The van der Waals surface area contributed by atoms with Crippen LogP contribution in [0.2, 0.25) is 0 Å². The van der Waals surface area contributed by atoms with Gasteiger partial charge < -0.3 is 0 Å². The van der Waals surface area contributed by atoms with Gasteiger partial charge in [0.15, 0.2) is 0 Å². The van der Waals surface area contributed by atoms with Crippen LogP contribution in [0.3, 0.4) is 0 Å². The Morgan fingerprint density at radius 3 is 2.33 bits per heavy atom. The molecule has 0 atom stereocenters. The van der Waals surface area contributed by atoms with E-state index in [1.165, 1.54) is 12.8 Å². The minimum atomic E-state index is 0.317. The minimum absolute atomic E-state index is 0.317. The van der Waals surface area contributed by atoms with Crippen molar-refractivity contribution >= 4 is 0 Å². The Morgan fingerprint density at radius 2 is 2.00 bits per heavy atom. The molecule has 0 unspecified atom stereocenters. The third kappa shape index (κ3) is 4.26. The van der Waals surface area contributed by atoms with E-state index in [2.05, 4.69) is 27.4 Å². The van der Waals surface area contributed by atoms with E-state index in [1.807, 2.05) is 6.08 Å². The van der Waals surface area contributed by atoms with Crippen molar-refractivity contribution in [3.63, 3.8) is 0 Å². The van der Waals surface area contributed by atoms with Crippen LogP contribution in [0.15, 0.2) is 12.7 Å². The van der Waals surface area contributed by atoms with E-state index in [0.717, 1.165) is 6.42 Å². The summed E-state index contributed by atoms with van der Waals surface area (Å²) in [6, 6.07) is 0. The van der Waals surface area contributed by atoms with Gasteiger partial charge in [0.2, 0.25) is 0 Å². The molecular weight excluding hydrogens is 108 g/mol. The normalized spacial score (nSPS) is 11.4. The van der Waals surface area contributed by atoms with Crippen LogP contribution in [0.25, 0.3) is 0 Å². The van der Waals surface area contributed by atoms with E-state index < -0.39 is 0 Å². The maximum absolute atomic E-state index is 3.79. The molecule has 0 nitrogen and oxygen atoms in total. The molecule has 0 aromatic carbocycles. The summed E-state index contributed by atoms with van der Waals surface area (Å²) >= 11 is 0. The molecule has 0 rings (SSSR count). The molecule has 0 saturated carbocycles. The van der Waals surface area contributed by atoms with Gasteiger partial charge in [0.05, 0.1) is 0 Å². The van der Waals surface area contributed by atoms with E-state index in [4.69, 9.17) is 0 Å². The number of allylic oxidation sites excluding steroid dienone is 1. The average Bonchev–Trinajstić information content (AvgIpc) is 1.84. The molecule has 0 aliphatic carbocycles. The maximum atomic E-state index is 3.79. The van der Waals surface area contributed by atoms with Gasteiger partial charge in [-0.1, -0.05) is 39.7 Å². The molecule has 0 aromatic rings. The quantitative estimate of drug-likeness (QED) is 0.506. The van der Waals surface area contributed by atoms with Gasteiger partial charge >= 0.3 is 0 Å². The van der Waals surface area contributed by atoms with Gasteiger partial charge in [-0.2, -0.15) is 0 Å².